The fourth-order valence-electron chi connectivity index (χ4n) is 3.03. The predicted molar refractivity (Wildman–Crippen MR) is 84.0 cm³/mol. The SMILES string of the molecule is CC1(NC(=O)Cc2ccc(Br)cc2)CCCCC1C(=O)O. The number of benzene rings is 1. The molecule has 1 aliphatic rings. The number of carbonyl (C=O) groups is 2. The highest BCUT2D eigenvalue weighted by Gasteiger charge is 2.42. The molecule has 2 atom stereocenters. The first kappa shape index (κ1) is 16.0. The van der Waals surface area contributed by atoms with Crippen LogP contribution in [0, 0.1) is 5.92 Å². The third kappa shape index (κ3) is 4.06. The molecule has 114 valence electrons. The highest BCUT2D eigenvalue weighted by molar-refractivity contribution is 9.10. The fourth-order valence-corrected chi connectivity index (χ4v) is 3.29. The smallest absolute Gasteiger partial charge is 0.308 e. The van der Waals surface area contributed by atoms with Crippen LogP contribution in [-0.4, -0.2) is 22.5 Å². The lowest BCUT2D eigenvalue weighted by Crippen LogP contribution is -2.55. The van der Waals surface area contributed by atoms with Crippen molar-refractivity contribution in [1.29, 1.82) is 0 Å². The van der Waals surface area contributed by atoms with Crippen LogP contribution >= 0.6 is 15.9 Å². The van der Waals surface area contributed by atoms with Gasteiger partial charge in [-0.2, -0.15) is 0 Å². The lowest BCUT2D eigenvalue weighted by Gasteiger charge is -2.39. The Bertz CT molecular complexity index is 529. The molecule has 21 heavy (non-hydrogen) atoms. The van der Waals surface area contributed by atoms with E-state index in [1.165, 1.54) is 0 Å². The molecule has 0 bridgehead atoms. The maximum atomic E-state index is 12.2. The zero-order valence-corrected chi connectivity index (χ0v) is 13.6. The normalized spacial score (nSPS) is 25.3. The van der Waals surface area contributed by atoms with E-state index in [2.05, 4.69) is 21.2 Å². The van der Waals surface area contributed by atoms with Crippen molar-refractivity contribution in [2.45, 2.75) is 44.6 Å². The number of halogens is 1. The van der Waals surface area contributed by atoms with E-state index in [4.69, 9.17) is 0 Å². The predicted octanol–water partition coefficient (Wildman–Crippen LogP) is 3.14. The summed E-state index contributed by atoms with van der Waals surface area (Å²) in [5.74, 6) is -1.44. The summed E-state index contributed by atoms with van der Waals surface area (Å²) in [5.41, 5.74) is 0.276. The van der Waals surface area contributed by atoms with Crippen molar-refractivity contribution < 1.29 is 14.7 Å². The van der Waals surface area contributed by atoms with E-state index in [9.17, 15) is 14.7 Å². The second-order valence-electron chi connectivity index (χ2n) is 5.91. The van der Waals surface area contributed by atoms with Gasteiger partial charge in [-0.1, -0.05) is 40.9 Å². The average Bonchev–Trinajstić information content (AvgIpc) is 2.41. The number of carbonyl (C=O) groups excluding carboxylic acids is 1. The van der Waals surface area contributed by atoms with Gasteiger partial charge in [-0.3, -0.25) is 9.59 Å². The number of aliphatic carboxylic acids is 1. The first-order valence-corrected chi connectivity index (χ1v) is 7.98. The van der Waals surface area contributed by atoms with Gasteiger partial charge in [0.15, 0.2) is 0 Å². The molecule has 1 aromatic rings. The maximum absolute atomic E-state index is 12.2. The summed E-state index contributed by atoms with van der Waals surface area (Å²) >= 11 is 3.36. The lowest BCUT2D eigenvalue weighted by atomic mass is 9.74. The Morgan fingerprint density at radius 2 is 2.00 bits per heavy atom. The van der Waals surface area contributed by atoms with Gasteiger partial charge in [-0.05, 0) is 37.5 Å². The van der Waals surface area contributed by atoms with Gasteiger partial charge < -0.3 is 10.4 Å². The van der Waals surface area contributed by atoms with Crippen molar-refractivity contribution in [1.82, 2.24) is 5.32 Å². The van der Waals surface area contributed by atoms with Gasteiger partial charge in [-0.15, -0.1) is 0 Å². The molecule has 0 saturated heterocycles. The van der Waals surface area contributed by atoms with Crippen molar-refractivity contribution in [3.8, 4) is 0 Å². The first-order chi connectivity index (χ1) is 9.90. The van der Waals surface area contributed by atoms with Crippen LogP contribution in [0.4, 0.5) is 0 Å². The quantitative estimate of drug-likeness (QED) is 0.873. The molecule has 0 heterocycles. The van der Waals surface area contributed by atoms with Crippen LogP contribution in [0.15, 0.2) is 28.7 Å². The molecule has 1 fully saturated rings. The van der Waals surface area contributed by atoms with Crippen molar-refractivity contribution in [3.05, 3.63) is 34.3 Å². The first-order valence-electron chi connectivity index (χ1n) is 7.19. The molecular formula is C16H20BrNO3. The van der Waals surface area contributed by atoms with Crippen LogP contribution in [0.3, 0.4) is 0 Å². The summed E-state index contributed by atoms with van der Waals surface area (Å²) in [6.07, 6.45) is 3.49. The fraction of sp³-hybridized carbons (Fsp3) is 0.500. The van der Waals surface area contributed by atoms with Gasteiger partial charge in [0.05, 0.1) is 17.9 Å². The third-order valence-corrected chi connectivity index (χ3v) is 4.74. The molecule has 0 aromatic heterocycles. The Morgan fingerprint density at radius 1 is 1.33 bits per heavy atom. The molecule has 0 radical (unpaired) electrons. The number of nitrogens with one attached hydrogen (secondary N) is 1. The largest absolute Gasteiger partial charge is 0.481 e. The molecule has 1 amide bonds. The third-order valence-electron chi connectivity index (χ3n) is 4.21. The molecule has 0 spiro atoms. The van der Waals surface area contributed by atoms with E-state index in [1.807, 2.05) is 31.2 Å². The van der Waals surface area contributed by atoms with Gasteiger partial charge in [0.25, 0.3) is 0 Å². The minimum absolute atomic E-state index is 0.118. The number of hydrogen-bond acceptors (Lipinski definition) is 2. The Kier molecular flexibility index (Phi) is 5.04. The average molecular weight is 354 g/mol. The second kappa shape index (κ2) is 6.60. The Balaban J connectivity index is 2.02. The molecule has 1 aliphatic carbocycles. The standard InChI is InChI=1S/C16H20BrNO3/c1-16(9-3-2-4-13(16)15(20)21)18-14(19)10-11-5-7-12(17)8-6-11/h5-8,13H,2-4,9-10H2,1H3,(H,18,19)(H,20,21). The summed E-state index contributed by atoms with van der Waals surface area (Å²) < 4.78 is 0.969. The van der Waals surface area contributed by atoms with Crippen LogP contribution < -0.4 is 5.32 Å². The number of rotatable bonds is 4. The van der Waals surface area contributed by atoms with Gasteiger partial charge in [-0.25, -0.2) is 0 Å². The molecule has 5 heteroatoms. The zero-order valence-electron chi connectivity index (χ0n) is 12.1. The Labute approximate surface area is 133 Å². The van der Waals surface area contributed by atoms with Crippen LogP contribution in [0.25, 0.3) is 0 Å². The molecule has 2 rings (SSSR count). The summed E-state index contributed by atoms with van der Waals surface area (Å²) in [7, 11) is 0. The van der Waals surface area contributed by atoms with Crippen LogP contribution in [0.2, 0.25) is 0 Å². The summed E-state index contributed by atoms with van der Waals surface area (Å²) in [5, 5.41) is 12.3. The van der Waals surface area contributed by atoms with E-state index < -0.39 is 17.4 Å². The molecule has 2 unspecified atom stereocenters. The number of carboxylic acids is 1. The monoisotopic (exact) mass is 353 g/mol. The van der Waals surface area contributed by atoms with Crippen LogP contribution in [-0.2, 0) is 16.0 Å². The zero-order chi connectivity index (χ0) is 15.5. The van der Waals surface area contributed by atoms with E-state index in [0.717, 1.165) is 29.3 Å². The van der Waals surface area contributed by atoms with Crippen molar-refractivity contribution in [2.75, 3.05) is 0 Å². The van der Waals surface area contributed by atoms with Gasteiger partial charge in [0.2, 0.25) is 5.91 Å². The van der Waals surface area contributed by atoms with Gasteiger partial charge in [0.1, 0.15) is 0 Å². The Hall–Kier alpha value is -1.36. The van der Waals surface area contributed by atoms with E-state index in [1.54, 1.807) is 0 Å². The Morgan fingerprint density at radius 3 is 2.62 bits per heavy atom. The molecule has 1 saturated carbocycles. The molecule has 4 nitrogen and oxygen atoms in total. The highest BCUT2D eigenvalue weighted by atomic mass is 79.9. The number of carboxylic acid groups (broad SMARTS) is 1. The van der Waals surface area contributed by atoms with Crippen LogP contribution in [0.1, 0.15) is 38.2 Å². The minimum atomic E-state index is -0.818. The molecular weight excluding hydrogens is 334 g/mol. The molecule has 1 aromatic carbocycles. The lowest BCUT2D eigenvalue weighted by molar-refractivity contribution is -0.146. The van der Waals surface area contributed by atoms with Crippen molar-refractivity contribution >= 4 is 27.8 Å². The highest BCUT2D eigenvalue weighted by Crippen LogP contribution is 2.33. The summed E-state index contributed by atoms with van der Waals surface area (Å²) in [6, 6.07) is 7.57. The van der Waals surface area contributed by atoms with Crippen molar-refractivity contribution in [3.63, 3.8) is 0 Å². The second-order valence-corrected chi connectivity index (χ2v) is 6.82. The van der Waals surface area contributed by atoms with Crippen LogP contribution in [0.5, 0.6) is 0 Å². The molecule has 0 aliphatic heterocycles. The summed E-state index contributed by atoms with van der Waals surface area (Å²) in [6.45, 7) is 1.85. The van der Waals surface area contributed by atoms with E-state index in [-0.39, 0.29) is 12.3 Å². The summed E-state index contributed by atoms with van der Waals surface area (Å²) in [4.78, 5) is 23.6. The number of amides is 1. The van der Waals surface area contributed by atoms with Gasteiger partial charge >= 0.3 is 5.97 Å². The topological polar surface area (TPSA) is 66.4 Å². The molecule has 2 N–H and O–H groups in total. The van der Waals surface area contributed by atoms with E-state index >= 15 is 0 Å². The minimum Gasteiger partial charge on any atom is -0.481 e. The van der Waals surface area contributed by atoms with Gasteiger partial charge in [0, 0.05) is 4.47 Å². The van der Waals surface area contributed by atoms with Crippen molar-refractivity contribution in [2.24, 2.45) is 5.92 Å². The maximum Gasteiger partial charge on any atom is 0.308 e. The number of hydrogen-bond donors (Lipinski definition) is 2. The van der Waals surface area contributed by atoms with E-state index in [0.29, 0.717) is 6.42 Å².